The van der Waals surface area contributed by atoms with Crippen LogP contribution in [0, 0.1) is 0 Å². The number of hydrogen-bond acceptors (Lipinski definition) is 5. The van der Waals surface area contributed by atoms with Gasteiger partial charge in [-0.25, -0.2) is 4.68 Å². The number of esters is 1. The number of aromatic nitrogens is 2. The molecule has 0 radical (unpaired) electrons. The van der Waals surface area contributed by atoms with Gasteiger partial charge in [-0.05, 0) is 26.3 Å². The normalized spacial score (nSPS) is 11.4. The second-order valence-corrected chi connectivity index (χ2v) is 6.54. The number of carbonyl (C=O) groups is 2. The van der Waals surface area contributed by atoms with E-state index >= 15 is 0 Å². The molecular weight excluding hydrogens is 322 g/mol. The number of ether oxygens (including phenoxy) is 1. The van der Waals surface area contributed by atoms with E-state index in [2.05, 4.69) is 10.4 Å². The number of hydrogen-bond donors (Lipinski definition) is 1. The summed E-state index contributed by atoms with van der Waals surface area (Å²) in [6.45, 7) is 5.41. The first kappa shape index (κ1) is 18.6. The van der Waals surface area contributed by atoms with Gasteiger partial charge in [-0.3, -0.25) is 14.4 Å². The molecule has 0 bridgehead atoms. The third-order valence-corrected chi connectivity index (χ3v) is 4.07. The van der Waals surface area contributed by atoms with Crippen LogP contribution in [0.15, 0.2) is 29.1 Å². The molecule has 25 heavy (non-hydrogen) atoms. The van der Waals surface area contributed by atoms with Crippen molar-refractivity contribution in [1.82, 2.24) is 15.1 Å². The van der Waals surface area contributed by atoms with Crippen molar-refractivity contribution in [2.45, 2.75) is 39.2 Å². The summed E-state index contributed by atoms with van der Waals surface area (Å²) >= 11 is 0. The van der Waals surface area contributed by atoms with E-state index in [4.69, 9.17) is 4.74 Å². The molecule has 0 aliphatic carbocycles. The van der Waals surface area contributed by atoms with Crippen LogP contribution in [0.2, 0.25) is 0 Å². The smallest absolute Gasteiger partial charge is 0.312 e. The van der Waals surface area contributed by atoms with Crippen LogP contribution in [0.1, 0.15) is 32.9 Å². The molecule has 7 nitrogen and oxygen atoms in total. The molecule has 2 rings (SSSR count). The van der Waals surface area contributed by atoms with Crippen LogP contribution in [0.25, 0.3) is 10.8 Å². The van der Waals surface area contributed by atoms with Gasteiger partial charge in [0.25, 0.3) is 11.5 Å². The Balaban J connectivity index is 2.07. The molecule has 0 aliphatic heterocycles. The molecule has 1 amide bonds. The zero-order valence-electron chi connectivity index (χ0n) is 15.0. The molecule has 7 heteroatoms. The van der Waals surface area contributed by atoms with Gasteiger partial charge in [-0.2, -0.15) is 5.10 Å². The lowest BCUT2D eigenvalue weighted by atomic mass is 10.0. The standard InChI is InChI=1S/C18H23N3O4/c1-5-18(2,3)19-15(22)11-25-16(23)10-14-12-8-6-7-9-13(12)17(24)21(4)20-14/h6-9H,5,10-11H2,1-4H3,(H,19,22). The summed E-state index contributed by atoms with van der Waals surface area (Å²) in [5, 5.41) is 8.04. The summed E-state index contributed by atoms with van der Waals surface area (Å²) in [7, 11) is 1.53. The Hall–Kier alpha value is -2.70. The van der Waals surface area contributed by atoms with E-state index in [0.717, 1.165) is 6.42 Å². The average molecular weight is 345 g/mol. The molecule has 0 saturated heterocycles. The third kappa shape index (κ3) is 4.65. The highest BCUT2D eigenvalue weighted by atomic mass is 16.5. The molecule has 0 aliphatic rings. The van der Waals surface area contributed by atoms with E-state index in [1.807, 2.05) is 20.8 Å². The van der Waals surface area contributed by atoms with Gasteiger partial charge in [-0.1, -0.05) is 25.1 Å². The molecule has 0 fully saturated rings. The summed E-state index contributed by atoms with van der Waals surface area (Å²) in [4.78, 5) is 36.0. The number of rotatable bonds is 6. The largest absolute Gasteiger partial charge is 0.455 e. The lowest BCUT2D eigenvalue weighted by Gasteiger charge is -2.24. The molecule has 0 unspecified atom stereocenters. The first-order chi connectivity index (χ1) is 11.7. The van der Waals surface area contributed by atoms with Crippen molar-refractivity contribution >= 4 is 22.6 Å². The van der Waals surface area contributed by atoms with E-state index in [-0.39, 0.29) is 30.0 Å². The van der Waals surface area contributed by atoms with Crippen molar-refractivity contribution in [2.75, 3.05) is 6.61 Å². The summed E-state index contributed by atoms with van der Waals surface area (Å²) < 4.78 is 6.23. The molecular formula is C18H23N3O4. The summed E-state index contributed by atoms with van der Waals surface area (Å²) in [6.07, 6.45) is 0.653. The van der Waals surface area contributed by atoms with Gasteiger partial charge in [0.2, 0.25) is 0 Å². The molecule has 1 aromatic carbocycles. The molecule has 1 aromatic heterocycles. The van der Waals surface area contributed by atoms with Crippen LogP contribution < -0.4 is 10.9 Å². The first-order valence-electron chi connectivity index (χ1n) is 8.15. The Morgan fingerprint density at radius 3 is 2.52 bits per heavy atom. The Morgan fingerprint density at radius 1 is 1.24 bits per heavy atom. The zero-order valence-corrected chi connectivity index (χ0v) is 15.0. The summed E-state index contributed by atoms with van der Waals surface area (Å²) in [5.74, 6) is -0.917. The van der Waals surface area contributed by atoms with Crippen LogP contribution in [0.3, 0.4) is 0 Å². The van der Waals surface area contributed by atoms with Gasteiger partial charge in [0.1, 0.15) is 0 Å². The van der Waals surface area contributed by atoms with Gasteiger partial charge in [0.05, 0.1) is 17.5 Å². The second-order valence-electron chi connectivity index (χ2n) is 6.54. The zero-order chi connectivity index (χ0) is 18.6. The molecule has 0 saturated carbocycles. The predicted octanol–water partition coefficient (Wildman–Crippen LogP) is 1.32. The first-order valence-corrected chi connectivity index (χ1v) is 8.15. The summed E-state index contributed by atoms with van der Waals surface area (Å²) in [6, 6.07) is 6.96. The van der Waals surface area contributed by atoms with E-state index in [1.165, 1.54) is 11.7 Å². The number of carbonyl (C=O) groups excluding carboxylic acids is 2. The SMILES string of the molecule is CCC(C)(C)NC(=O)COC(=O)Cc1nn(C)c(=O)c2ccccc12. The van der Waals surface area contributed by atoms with E-state index < -0.39 is 5.97 Å². The van der Waals surface area contributed by atoms with Crippen molar-refractivity contribution in [3.63, 3.8) is 0 Å². The lowest BCUT2D eigenvalue weighted by Crippen LogP contribution is -2.44. The van der Waals surface area contributed by atoms with Crippen LogP contribution in [-0.2, 0) is 27.8 Å². The Bertz CT molecular complexity index is 855. The number of benzene rings is 1. The van der Waals surface area contributed by atoms with Gasteiger partial charge in [-0.15, -0.1) is 0 Å². The molecule has 0 spiro atoms. The van der Waals surface area contributed by atoms with Crippen LogP contribution in [-0.4, -0.2) is 33.8 Å². The topological polar surface area (TPSA) is 90.3 Å². The van der Waals surface area contributed by atoms with Gasteiger partial charge in [0, 0.05) is 18.0 Å². The number of nitrogens with one attached hydrogen (secondary N) is 1. The van der Waals surface area contributed by atoms with Gasteiger partial charge < -0.3 is 10.1 Å². The molecule has 134 valence electrons. The fourth-order valence-electron chi connectivity index (χ4n) is 2.34. The minimum atomic E-state index is -0.569. The Labute approximate surface area is 146 Å². The van der Waals surface area contributed by atoms with E-state index in [1.54, 1.807) is 24.3 Å². The number of nitrogens with zero attached hydrogens (tertiary/aromatic N) is 2. The summed E-state index contributed by atoms with van der Waals surface area (Å²) in [5.41, 5.74) is -0.134. The van der Waals surface area contributed by atoms with Gasteiger partial charge >= 0.3 is 5.97 Å². The maximum absolute atomic E-state index is 12.1. The Kier molecular flexibility index (Phi) is 5.56. The molecule has 0 atom stereocenters. The van der Waals surface area contributed by atoms with E-state index in [9.17, 15) is 14.4 Å². The maximum atomic E-state index is 12.1. The lowest BCUT2D eigenvalue weighted by molar-refractivity contribution is -0.148. The van der Waals surface area contributed by atoms with Crippen molar-refractivity contribution in [2.24, 2.45) is 7.05 Å². The average Bonchev–Trinajstić information content (AvgIpc) is 2.57. The highest BCUT2D eigenvalue weighted by molar-refractivity contribution is 5.87. The van der Waals surface area contributed by atoms with Crippen LogP contribution >= 0.6 is 0 Å². The van der Waals surface area contributed by atoms with Gasteiger partial charge in [0.15, 0.2) is 6.61 Å². The second kappa shape index (κ2) is 7.46. The molecule has 1 heterocycles. The molecule has 2 aromatic rings. The fraction of sp³-hybridized carbons (Fsp3) is 0.444. The number of amides is 1. The highest BCUT2D eigenvalue weighted by Gasteiger charge is 2.19. The Morgan fingerprint density at radius 2 is 1.88 bits per heavy atom. The van der Waals surface area contributed by atoms with Crippen molar-refractivity contribution in [3.8, 4) is 0 Å². The quantitative estimate of drug-likeness (QED) is 0.798. The van der Waals surface area contributed by atoms with Crippen molar-refractivity contribution < 1.29 is 14.3 Å². The monoisotopic (exact) mass is 345 g/mol. The highest BCUT2D eigenvalue weighted by Crippen LogP contribution is 2.14. The maximum Gasteiger partial charge on any atom is 0.312 e. The fourth-order valence-corrected chi connectivity index (χ4v) is 2.34. The van der Waals surface area contributed by atoms with Crippen molar-refractivity contribution in [3.05, 3.63) is 40.3 Å². The number of fused-ring (bicyclic) bond motifs is 1. The van der Waals surface area contributed by atoms with E-state index in [0.29, 0.717) is 16.5 Å². The van der Waals surface area contributed by atoms with Crippen LogP contribution in [0.5, 0.6) is 0 Å². The molecule has 1 N–H and O–H groups in total. The minimum absolute atomic E-state index is 0.112. The predicted molar refractivity (Wildman–Crippen MR) is 94.2 cm³/mol. The third-order valence-electron chi connectivity index (χ3n) is 4.07. The van der Waals surface area contributed by atoms with Crippen molar-refractivity contribution in [1.29, 1.82) is 0 Å². The van der Waals surface area contributed by atoms with Crippen LogP contribution in [0.4, 0.5) is 0 Å². The minimum Gasteiger partial charge on any atom is -0.455 e. The number of aryl methyl sites for hydroxylation is 1.